The number of nitrogens with two attached hydrogens (primary N) is 1. The first-order chi connectivity index (χ1) is 17.4. The average molecular weight is 510 g/mol. The maximum Gasteiger partial charge on any atom is 0.338 e. The summed E-state index contributed by atoms with van der Waals surface area (Å²) < 4.78 is 18.5. The summed E-state index contributed by atoms with van der Waals surface area (Å²) in [6.45, 7) is -0.293. The molecule has 1 aliphatic rings. The zero-order chi connectivity index (χ0) is 25.2. The number of benzene rings is 2. The second kappa shape index (κ2) is 9.90. The van der Waals surface area contributed by atoms with E-state index in [0.717, 1.165) is 0 Å². The maximum atomic E-state index is 12.8. The highest BCUT2D eigenvalue weighted by Gasteiger charge is 2.48. The van der Waals surface area contributed by atoms with Gasteiger partial charge in [0.15, 0.2) is 23.8 Å². The first kappa shape index (κ1) is 23.7. The first-order valence-electron chi connectivity index (χ1n) is 10.9. The number of hydrogen-bond donors (Lipinski definition) is 2. The number of carbonyl (C=O) groups excluding carboxylic acids is 2. The van der Waals surface area contributed by atoms with Gasteiger partial charge in [0.1, 0.15) is 24.3 Å². The minimum atomic E-state index is -1.37. The third-order valence-corrected chi connectivity index (χ3v) is 5.81. The van der Waals surface area contributed by atoms with Crippen LogP contribution in [0.3, 0.4) is 0 Å². The number of imidazole rings is 1. The Morgan fingerprint density at radius 2 is 1.67 bits per heavy atom. The van der Waals surface area contributed by atoms with Crippen LogP contribution in [-0.4, -0.2) is 61.5 Å². The molecule has 4 aromatic rings. The summed E-state index contributed by atoms with van der Waals surface area (Å²) in [5, 5.41) is 11.1. The fourth-order valence-electron chi connectivity index (χ4n) is 3.91. The largest absolute Gasteiger partial charge is 0.459 e. The lowest BCUT2D eigenvalue weighted by atomic mass is 10.1. The van der Waals surface area contributed by atoms with E-state index in [2.05, 4.69) is 15.0 Å². The number of nitrogens with zero attached hydrogens (tertiary/aromatic N) is 4. The van der Waals surface area contributed by atoms with Crippen LogP contribution < -0.4 is 5.73 Å². The number of anilines is 1. The van der Waals surface area contributed by atoms with Crippen LogP contribution in [0.5, 0.6) is 0 Å². The van der Waals surface area contributed by atoms with Gasteiger partial charge in [0.05, 0.1) is 17.5 Å². The molecule has 0 aliphatic carbocycles. The zero-order valence-electron chi connectivity index (χ0n) is 18.6. The van der Waals surface area contributed by atoms with Crippen molar-refractivity contribution < 1.29 is 28.9 Å². The van der Waals surface area contributed by atoms with Crippen LogP contribution in [0.1, 0.15) is 26.9 Å². The fraction of sp³-hybridized carbons (Fsp3) is 0.208. The number of aromatic nitrogens is 4. The van der Waals surface area contributed by atoms with Crippen LogP contribution in [0.25, 0.3) is 11.2 Å². The van der Waals surface area contributed by atoms with E-state index >= 15 is 0 Å². The molecule has 2 aromatic carbocycles. The molecule has 0 spiro atoms. The Kier molecular flexibility index (Phi) is 6.51. The Labute approximate surface area is 209 Å². The lowest BCUT2D eigenvalue weighted by molar-refractivity contribution is -0.0585. The first-order valence-corrected chi connectivity index (χ1v) is 11.3. The third-order valence-electron chi connectivity index (χ3n) is 5.65. The lowest BCUT2D eigenvalue weighted by Gasteiger charge is -2.20. The van der Waals surface area contributed by atoms with Crippen LogP contribution in [0.2, 0.25) is 5.28 Å². The Balaban J connectivity index is 1.42. The molecule has 12 heteroatoms. The molecule has 1 saturated heterocycles. The van der Waals surface area contributed by atoms with Crippen molar-refractivity contribution in [3.63, 3.8) is 0 Å². The predicted molar refractivity (Wildman–Crippen MR) is 127 cm³/mol. The van der Waals surface area contributed by atoms with Gasteiger partial charge < -0.3 is 25.1 Å². The minimum absolute atomic E-state index is 0.0524. The van der Waals surface area contributed by atoms with E-state index in [1.165, 1.54) is 10.9 Å². The highest BCUT2D eigenvalue weighted by atomic mass is 35.5. The molecule has 0 amide bonds. The minimum Gasteiger partial charge on any atom is -0.459 e. The van der Waals surface area contributed by atoms with Crippen LogP contribution in [0.15, 0.2) is 67.0 Å². The summed E-state index contributed by atoms with van der Waals surface area (Å²) in [5.41, 5.74) is 6.98. The molecular weight excluding hydrogens is 490 g/mol. The SMILES string of the molecule is Nc1nc(Cl)nc2c1ncn2[C@@H]1O[C@H](COC(=O)c2ccccc2)C(OC(=O)c2ccccc2)C1O. The Morgan fingerprint density at radius 3 is 2.33 bits per heavy atom. The summed E-state index contributed by atoms with van der Waals surface area (Å²) in [7, 11) is 0. The maximum absolute atomic E-state index is 12.8. The van der Waals surface area contributed by atoms with Gasteiger partial charge in [-0.15, -0.1) is 0 Å². The number of ether oxygens (including phenoxy) is 3. The van der Waals surface area contributed by atoms with Gasteiger partial charge in [-0.25, -0.2) is 14.6 Å². The van der Waals surface area contributed by atoms with E-state index in [1.807, 2.05) is 0 Å². The number of hydrogen-bond acceptors (Lipinski definition) is 10. The Bertz CT molecular complexity index is 1400. The molecule has 3 N–H and O–H groups in total. The molecule has 0 bridgehead atoms. The second-order valence-electron chi connectivity index (χ2n) is 7.96. The monoisotopic (exact) mass is 509 g/mol. The summed E-state index contributed by atoms with van der Waals surface area (Å²) in [5.74, 6) is -1.21. The van der Waals surface area contributed by atoms with Crippen molar-refractivity contribution in [2.24, 2.45) is 0 Å². The Hall–Kier alpha value is -4.06. The standard InChI is InChI=1S/C24H20ClN5O6/c25-24-28-19(26)16-20(29-24)30(12-27-16)21-17(31)18(36-23(33)14-9-5-2-6-10-14)15(35-21)11-34-22(32)13-7-3-1-4-8-13/h1-10,12,15,17-18,21,31H,11H2,(H2,26,28,29)/t15-,17?,18?,21-/m1/s1. The molecule has 5 rings (SSSR count). The van der Waals surface area contributed by atoms with E-state index in [0.29, 0.717) is 5.56 Å². The molecule has 1 fully saturated rings. The highest BCUT2D eigenvalue weighted by Crippen LogP contribution is 2.34. The predicted octanol–water partition coefficient (Wildman–Crippen LogP) is 2.40. The Morgan fingerprint density at radius 1 is 1.03 bits per heavy atom. The molecule has 11 nitrogen and oxygen atoms in total. The van der Waals surface area contributed by atoms with Gasteiger partial charge in [0.25, 0.3) is 0 Å². The summed E-state index contributed by atoms with van der Waals surface area (Å²) in [4.78, 5) is 37.4. The summed E-state index contributed by atoms with van der Waals surface area (Å²) in [6, 6.07) is 16.7. The van der Waals surface area contributed by atoms with Gasteiger partial charge in [-0.2, -0.15) is 9.97 Å². The number of halogens is 1. The fourth-order valence-corrected chi connectivity index (χ4v) is 4.08. The zero-order valence-corrected chi connectivity index (χ0v) is 19.4. The smallest absolute Gasteiger partial charge is 0.338 e. The highest BCUT2D eigenvalue weighted by molar-refractivity contribution is 6.28. The van der Waals surface area contributed by atoms with Gasteiger partial charge in [-0.1, -0.05) is 36.4 Å². The lowest BCUT2D eigenvalue weighted by Crippen LogP contribution is -2.38. The number of aliphatic hydroxyl groups is 1. The number of carbonyl (C=O) groups is 2. The second-order valence-corrected chi connectivity index (χ2v) is 8.30. The molecule has 2 aromatic heterocycles. The number of esters is 2. The van der Waals surface area contributed by atoms with E-state index < -0.39 is 36.5 Å². The molecule has 0 saturated carbocycles. The van der Waals surface area contributed by atoms with E-state index in [-0.39, 0.29) is 34.4 Å². The van der Waals surface area contributed by atoms with E-state index in [1.54, 1.807) is 60.7 Å². The van der Waals surface area contributed by atoms with E-state index in [9.17, 15) is 14.7 Å². The normalized spacial score (nSPS) is 21.4. The molecule has 4 atom stereocenters. The number of aliphatic hydroxyl groups excluding tert-OH is 1. The quantitative estimate of drug-likeness (QED) is 0.292. The van der Waals surface area contributed by atoms with Crippen molar-refractivity contribution in [3.05, 3.63) is 83.4 Å². The number of rotatable bonds is 6. The van der Waals surface area contributed by atoms with Crippen molar-refractivity contribution in [1.82, 2.24) is 19.5 Å². The van der Waals surface area contributed by atoms with Crippen molar-refractivity contribution >= 4 is 40.5 Å². The molecule has 3 heterocycles. The van der Waals surface area contributed by atoms with Crippen molar-refractivity contribution in [2.45, 2.75) is 24.5 Å². The van der Waals surface area contributed by atoms with Crippen LogP contribution >= 0.6 is 11.6 Å². The van der Waals surface area contributed by atoms with Gasteiger partial charge in [-0.05, 0) is 35.9 Å². The number of fused-ring (bicyclic) bond motifs is 1. The van der Waals surface area contributed by atoms with Crippen LogP contribution in [-0.2, 0) is 14.2 Å². The molecule has 0 radical (unpaired) electrons. The van der Waals surface area contributed by atoms with Crippen LogP contribution in [0, 0.1) is 0 Å². The number of nitrogen functional groups attached to an aromatic ring is 1. The topological polar surface area (TPSA) is 152 Å². The third kappa shape index (κ3) is 4.59. The van der Waals surface area contributed by atoms with Crippen LogP contribution in [0.4, 0.5) is 5.82 Å². The molecule has 36 heavy (non-hydrogen) atoms. The van der Waals surface area contributed by atoms with Gasteiger partial charge in [-0.3, -0.25) is 4.57 Å². The molecule has 184 valence electrons. The van der Waals surface area contributed by atoms with Gasteiger partial charge >= 0.3 is 11.9 Å². The molecular formula is C24H20ClN5O6. The van der Waals surface area contributed by atoms with Crippen molar-refractivity contribution in [1.29, 1.82) is 0 Å². The summed E-state index contributed by atoms with van der Waals surface area (Å²) >= 11 is 5.96. The van der Waals surface area contributed by atoms with Gasteiger partial charge in [0.2, 0.25) is 5.28 Å². The van der Waals surface area contributed by atoms with E-state index in [4.69, 9.17) is 31.5 Å². The van der Waals surface area contributed by atoms with Crippen molar-refractivity contribution in [3.8, 4) is 0 Å². The molecule has 2 unspecified atom stereocenters. The molecule has 1 aliphatic heterocycles. The average Bonchev–Trinajstić information content (AvgIpc) is 3.44. The summed E-state index contributed by atoms with van der Waals surface area (Å²) in [6.07, 6.45) is -3.30. The van der Waals surface area contributed by atoms with Crippen molar-refractivity contribution in [2.75, 3.05) is 12.3 Å². The van der Waals surface area contributed by atoms with Gasteiger partial charge in [0, 0.05) is 0 Å².